The van der Waals surface area contributed by atoms with Crippen LogP contribution >= 0.6 is 0 Å². The fraction of sp³-hybridized carbons (Fsp3) is 0.975. The van der Waals surface area contributed by atoms with Crippen molar-refractivity contribution in [2.24, 2.45) is 58.0 Å². The van der Waals surface area contributed by atoms with Crippen molar-refractivity contribution in [3.05, 3.63) is 0 Å². The molecule has 46 heavy (non-hydrogen) atoms. The summed E-state index contributed by atoms with van der Waals surface area (Å²) in [5.41, 5.74) is 6.61. The Balaban J connectivity index is 1.10. The van der Waals surface area contributed by atoms with Gasteiger partial charge in [0.05, 0.1) is 12.7 Å². The number of hydrogen-bond donors (Lipinski definition) is 4. The maximum absolute atomic E-state index is 12.4. The van der Waals surface area contributed by atoms with Gasteiger partial charge in [0.15, 0.2) is 0 Å². The molecule has 4 saturated carbocycles. The third-order valence-electron chi connectivity index (χ3n) is 13.9. The van der Waals surface area contributed by atoms with Gasteiger partial charge in [-0.3, -0.25) is 4.79 Å². The molecule has 0 aromatic rings. The Kier molecular flexibility index (Phi) is 15.7. The van der Waals surface area contributed by atoms with Crippen LogP contribution in [0.3, 0.4) is 0 Å². The molecule has 4 aliphatic carbocycles. The van der Waals surface area contributed by atoms with E-state index in [9.17, 15) is 4.79 Å². The molecule has 0 spiro atoms. The standard InChI is InChI=1S/C40H76N4O2/c1-30(2)11-8-12-31(3)35-15-16-36-34-14-13-32-29-33(17-20-39(32,4)37(34)18-21-40(35,36)5)46-28-19-38(45)44-27-10-26-43-25-9-24-42-23-7-6-22-41/h30-37,42-43H,6-29,41H2,1-5H3,(H,44,45)/t31-,32+,33+,34+,35-,36+,37+,39+,40-/m1/s1. The normalized spacial score (nSPS) is 34.6. The minimum absolute atomic E-state index is 0.136. The Bertz CT molecular complexity index is 883. The molecule has 4 rings (SSSR count). The highest BCUT2D eigenvalue weighted by Gasteiger charge is 2.60. The Morgan fingerprint density at radius 1 is 0.783 bits per heavy atom. The lowest BCUT2D eigenvalue weighted by atomic mass is 9.44. The topological polar surface area (TPSA) is 88.4 Å². The van der Waals surface area contributed by atoms with Gasteiger partial charge in [0.2, 0.25) is 5.91 Å². The first-order chi connectivity index (χ1) is 22.2. The first-order valence-electron chi connectivity index (χ1n) is 20.2. The summed E-state index contributed by atoms with van der Waals surface area (Å²) in [6, 6.07) is 0. The third-order valence-corrected chi connectivity index (χ3v) is 13.9. The van der Waals surface area contributed by atoms with Gasteiger partial charge in [-0.25, -0.2) is 0 Å². The SMILES string of the molecule is CC(C)CCC[C@@H](C)[C@H]1CC[C@H]2[C@@H]3CC[C@H]4C[C@@H](OCCC(=O)NCCCNCCCNCCCCN)CC[C@]4(C)[C@H]3CC[C@]12C. The quantitative estimate of drug-likeness (QED) is 0.0963. The molecule has 6 nitrogen and oxygen atoms in total. The van der Waals surface area contributed by atoms with E-state index >= 15 is 0 Å². The monoisotopic (exact) mass is 645 g/mol. The first kappa shape index (κ1) is 38.1. The van der Waals surface area contributed by atoms with E-state index in [1.807, 2.05) is 0 Å². The van der Waals surface area contributed by atoms with Crippen LogP contribution < -0.4 is 21.7 Å². The molecule has 268 valence electrons. The molecular formula is C40H76N4O2. The average Bonchev–Trinajstić information content (AvgIpc) is 3.39. The average molecular weight is 645 g/mol. The molecule has 9 atom stereocenters. The van der Waals surface area contributed by atoms with Gasteiger partial charge in [0.25, 0.3) is 0 Å². The number of carbonyl (C=O) groups is 1. The van der Waals surface area contributed by atoms with Crippen LogP contribution in [-0.4, -0.2) is 57.9 Å². The van der Waals surface area contributed by atoms with Crippen molar-refractivity contribution in [3.63, 3.8) is 0 Å². The Morgan fingerprint density at radius 2 is 1.48 bits per heavy atom. The number of unbranched alkanes of at least 4 members (excludes halogenated alkanes) is 1. The highest BCUT2D eigenvalue weighted by molar-refractivity contribution is 5.75. The van der Waals surface area contributed by atoms with E-state index in [1.165, 1.54) is 77.0 Å². The van der Waals surface area contributed by atoms with Crippen LogP contribution in [0.2, 0.25) is 0 Å². The zero-order chi connectivity index (χ0) is 33.0. The number of carbonyl (C=O) groups excluding carboxylic acids is 1. The summed E-state index contributed by atoms with van der Waals surface area (Å²) in [4.78, 5) is 12.4. The Hall–Kier alpha value is -0.690. The minimum atomic E-state index is 0.136. The number of hydrogen-bond acceptors (Lipinski definition) is 5. The van der Waals surface area contributed by atoms with Crippen LogP contribution in [0.25, 0.3) is 0 Å². The van der Waals surface area contributed by atoms with Crippen molar-refractivity contribution in [3.8, 4) is 0 Å². The molecule has 0 saturated heterocycles. The molecule has 4 fully saturated rings. The van der Waals surface area contributed by atoms with Gasteiger partial charge < -0.3 is 26.4 Å². The molecular weight excluding hydrogens is 568 g/mol. The van der Waals surface area contributed by atoms with Crippen LogP contribution in [0.15, 0.2) is 0 Å². The summed E-state index contributed by atoms with van der Waals surface area (Å²) in [6.07, 6.45) is 22.0. The van der Waals surface area contributed by atoms with Gasteiger partial charge in [0, 0.05) is 13.0 Å². The second-order valence-electron chi connectivity index (χ2n) is 17.3. The van der Waals surface area contributed by atoms with Gasteiger partial charge in [-0.05, 0) is 168 Å². The summed E-state index contributed by atoms with van der Waals surface area (Å²) < 4.78 is 6.38. The van der Waals surface area contributed by atoms with Gasteiger partial charge >= 0.3 is 0 Å². The molecule has 0 aromatic carbocycles. The zero-order valence-electron chi connectivity index (χ0n) is 31.0. The Labute approximate surface area is 284 Å². The summed E-state index contributed by atoms with van der Waals surface area (Å²) in [6.45, 7) is 18.9. The lowest BCUT2D eigenvalue weighted by Gasteiger charge is -2.61. The molecule has 0 aliphatic heterocycles. The molecule has 4 aliphatic rings. The van der Waals surface area contributed by atoms with Crippen molar-refractivity contribution in [1.82, 2.24) is 16.0 Å². The predicted octanol–water partition coefficient (Wildman–Crippen LogP) is 7.70. The Morgan fingerprint density at radius 3 is 2.22 bits per heavy atom. The zero-order valence-corrected chi connectivity index (χ0v) is 31.0. The molecule has 0 unspecified atom stereocenters. The van der Waals surface area contributed by atoms with Crippen molar-refractivity contribution >= 4 is 5.91 Å². The smallest absolute Gasteiger partial charge is 0.222 e. The van der Waals surface area contributed by atoms with Crippen LogP contribution in [0.1, 0.15) is 144 Å². The van der Waals surface area contributed by atoms with Gasteiger partial charge in [-0.2, -0.15) is 0 Å². The molecule has 0 heterocycles. The van der Waals surface area contributed by atoms with E-state index in [1.54, 1.807) is 0 Å². The summed E-state index contributed by atoms with van der Waals surface area (Å²) in [7, 11) is 0. The summed E-state index contributed by atoms with van der Waals surface area (Å²) >= 11 is 0. The van der Waals surface area contributed by atoms with Crippen molar-refractivity contribution in [1.29, 1.82) is 0 Å². The van der Waals surface area contributed by atoms with E-state index in [-0.39, 0.29) is 5.91 Å². The van der Waals surface area contributed by atoms with Gasteiger partial charge in [-0.15, -0.1) is 0 Å². The second-order valence-corrected chi connectivity index (χ2v) is 17.3. The van der Waals surface area contributed by atoms with Crippen molar-refractivity contribution in [2.75, 3.05) is 45.9 Å². The van der Waals surface area contributed by atoms with Crippen molar-refractivity contribution in [2.45, 2.75) is 150 Å². The maximum Gasteiger partial charge on any atom is 0.222 e. The first-order valence-corrected chi connectivity index (χ1v) is 20.2. The van der Waals surface area contributed by atoms with E-state index in [0.29, 0.717) is 30.0 Å². The largest absolute Gasteiger partial charge is 0.378 e. The van der Waals surface area contributed by atoms with Crippen LogP contribution in [-0.2, 0) is 9.53 Å². The fourth-order valence-electron chi connectivity index (χ4n) is 11.2. The van der Waals surface area contributed by atoms with E-state index in [2.05, 4.69) is 50.6 Å². The number of ether oxygens (including phenoxy) is 1. The van der Waals surface area contributed by atoms with Crippen LogP contribution in [0.5, 0.6) is 0 Å². The third kappa shape index (κ3) is 10.2. The second kappa shape index (κ2) is 18.9. The molecule has 0 aromatic heterocycles. The number of rotatable bonds is 21. The highest BCUT2D eigenvalue weighted by Crippen LogP contribution is 2.68. The predicted molar refractivity (Wildman–Crippen MR) is 194 cm³/mol. The molecule has 0 radical (unpaired) electrons. The van der Waals surface area contributed by atoms with E-state index in [0.717, 1.165) is 106 Å². The van der Waals surface area contributed by atoms with Gasteiger partial charge in [-0.1, -0.05) is 53.9 Å². The lowest BCUT2D eigenvalue weighted by Crippen LogP contribution is -2.54. The van der Waals surface area contributed by atoms with Crippen LogP contribution in [0.4, 0.5) is 0 Å². The fourth-order valence-corrected chi connectivity index (χ4v) is 11.2. The van der Waals surface area contributed by atoms with Crippen molar-refractivity contribution < 1.29 is 9.53 Å². The summed E-state index contributed by atoms with van der Waals surface area (Å²) in [5, 5.41) is 10.0. The van der Waals surface area contributed by atoms with E-state index < -0.39 is 0 Å². The van der Waals surface area contributed by atoms with Gasteiger partial charge in [0.1, 0.15) is 0 Å². The lowest BCUT2D eigenvalue weighted by molar-refractivity contribution is -0.138. The van der Waals surface area contributed by atoms with E-state index in [4.69, 9.17) is 10.5 Å². The number of fused-ring (bicyclic) bond motifs is 5. The summed E-state index contributed by atoms with van der Waals surface area (Å²) in [5.74, 6) is 6.46. The molecule has 0 bridgehead atoms. The maximum atomic E-state index is 12.4. The molecule has 5 N–H and O–H groups in total. The molecule has 6 heteroatoms. The minimum Gasteiger partial charge on any atom is -0.378 e. The van der Waals surface area contributed by atoms with Crippen LogP contribution in [0, 0.1) is 52.3 Å². The number of nitrogens with one attached hydrogen (secondary N) is 3. The highest BCUT2D eigenvalue weighted by atomic mass is 16.5. The molecule has 1 amide bonds. The number of nitrogens with two attached hydrogens (primary N) is 1. The number of amides is 1.